The average Bonchev–Trinajstić information content (AvgIpc) is 2.30. The molecule has 0 radical (unpaired) electrons. The molecule has 0 amide bonds. The molecule has 0 saturated carbocycles. The summed E-state index contributed by atoms with van der Waals surface area (Å²) in [6.45, 7) is 0. The molecular weight excluding hydrogens is 229 g/mol. The van der Waals surface area contributed by atoms with Crippen molar-refractivity contribution in [3.8, 4) is 0 Å². The third-order valence-corrected chi connectivity index (χ3v) is 2.61. The molecule has 1 atom stereocenters. The van der Waals surface area contributed by atoms with Crippen LogP contribution in [0.25, 0.3) is 0 Å². The van der Waals surface area contributed by atoms with Gasteiger partial charge in [-0.25, -0.2) is 4.98 Å². The Hall–Kier alpha value is -1.45. The van der Waals surface area contributed by atoms with Gasteiger partial charge < -0.3 is 5.11 Å². The summed E-state index contributed by atoms with van der Waals surface area (Å²) in [7, 11) is 0. The van der Waals surface area contributed by atoms with Gasteiger partial charge in [0.05, 0.1) is 10.6 Å². The quantitative estimate of drug-likeness (QED) is 0.815. The molecule has 82 valence electrons. The monoisotopic (exact) mass is 237 g/mol. The van der Waals surface area contributed by atoms with Crippen LogP contribution in [0.2, 0.25) is 5.02 Å². The minimum Gasteiger partial charge on any atom is -0.383 e. The largest absolute Gasteiger partial charge is 0.383 e. The number of benzene rings is 1. The van der Waals surface area contributed by atoms with Crippen molar-refractivity contribution < 1.29 is 9.50 Å². The van der Waals surface area contributed by atoms with Crippen LogP contribution < -0.4 is 0 Å². The van der Waals surface area contributed by atoms with Crippen molar-refractivity contribution in [3.05, 3.63) is 64.7 Å². The summed E-state index contributed by atoms with van der Waals surface area (Å²) in [6.07, 6.45) is 0.168. The van der Waals surface area contributed by atoms with E-state index in [0.29, 0.717) is 5.56 Å². The molecule has 1 unspecified atom stereocenters. The molecular formula is C12H9ClFNO. The number of aliphatic hydroxyl groups excluding tert-OH is 1. The van der Waals surface area contributed by atoms with Gasteiger partial charge in [-0.1, -0.05) is 41.9 Å². The Morgan fingerprint density at radius 2 is 1.88 bits per heavy atom. The van der Waals surface area contributed by atoms with Crippen LogP contribution in [0, 0.1) is 5.95 Å². The molecule has 0 fully saturated rings. The summed E-state index contributed by atoms with van der Waals surface area (Å²) in [6, 6.07) is 10.2. The normalized spacial score (nSPS) is 12.4. The van der Waals surface area contributed by atoms with E-state index in [0.717, 1.165) is 0 Å². The lowest BCUT2D eigenvalue weighted by Gasteiger charge is -2.12. The van der Waals surface area contributed by atoms with Crippen LogP contribution in [0.5, 0.6) is 0 Å². The second-order valence-electron chi connectivity index (χ2n) is 3.31. The van der Waals surface area contributed by atoms with Gasteiger partial charge >= 0.3 is 0 Å². The number of aliphatic hydroxyl groups is 1. The predicted molar refractivity (Wildman–Crippen MR) is 59.7 cm³/mol. The van der Waals surface area contributed by atoms with Crippen molar-refractivity contribution in [2.24, 2.45) is 0 Å². The lowest BCUT2D eigenvalue weighted by atomic mass is 10.0. The fourth-order valence-electron chi connectivity index (χ4n) is 1.47. The average molecular weight is 238 g/mol. The summed E-state index contributed by atoms with van der Waals surface area (Å²) >= 11 is 5.83. The van der Waals surface area contributed by atoms with Crippen molar-refractivity contribution in [2.75, 3.05) is 0 Å². The van der Waals surface area contributed by atoms with Gasteiger partial charge in [0, 0.05) is 6.20 Å². The molecule has 1 aromatic heterocycles. The molecule has 0 spiro atoms. The zero-order chi connectivity index (χ0) is 11.5. The highest BCUT2D eigenvalue weighted by Crippen LogP contribution is 2.29. The fourth-order valence-corrected chi connectivity index (χ4v) is 1.71. The Morgan fingerprint density at radius 1 is 1.19 bits per heavy atom. The molecule has 0 saturated heterocycles. The smallest absolute Gasteiger partial charge is 0.220 e. The second-order valence-corrected chi connectivity index (χ2v) is 3.72. The van der Waals surface area contributed by atoms with Gasteiger partial charge in [-0.2, -0.15) is 4.39 Å². The highest BCUT2D eigenvalue weighted by atomic mass is 35.5. The predicted octanol–water partition coefficient (Wildman–Crippen LogP) is 2.96. The topological polar surface area (TPSA) is 33.1 Å². The Labute approximate surface area is 97.3 Å². The van der Waals surface area contributed by atoms with Crippen LogP contribution in [-0.4, -0.2) is 10.1 Å². The van der Waals surface area contributed by atoms with Gasteiger partial charge in [0.25, 0.3) is 0 Å². The maximum absolute atomic E-state index is 13.4. The molecule has 4 heteroatoms. The highest BCUT2D eigenvalue weighted by Gasteiger charge is 2.18. The van der Waals surface area contributed by atoms with Crippen LogP contribution in [0.4, 0.5) is 4.39 Å². The Kier molecular flexibility index (Phi) is 3.17. The number of aromatic nitrogens is 1. The summed E-state index contributed by atoms with van der Waals surface area (Å²) in [5, 5.41) is 10.2. The van der Waals surface area contributed by atoms with E-state index in [2.05, 4.69) is 4.98 Å². The van der Waals surface area contributed by atoms with Gasteiger partial charge in [-0.15, -0.1) is 0 Å². The highest BCUT2D eigenvalue weighted by molar-refractivity contribution is 6.31. The van der Waals surface area contributed by atoms with Gasteiger partial charge in [-0.05, 0) is 11.6 Å². The van der Waals surface area contributed by atoms with Gasteiger partial charge in [-0.3, -0.25) is 0 Å². The first-order valence-electron chi connectivity index (χ1n) is 4.73. The van der Waals surface area contributed by atoms with Crippen molar-refractivity contribution >= 4 is 11.6 Å². The van der Waals surface area contributed by atoms with Gasteiger partial charge in [0.15, 0.2) is 0 Å². The van der Waals surface area contributed by atoms with Crippen molar-refractivity contribution in [1.29, 1.82) is 0 Å². The molecule has 0 aliphatic heterocycles. The summed E-state index contributed by atoms with van der Waals surface area (Å²) in [5.41, 5.74) is 0.590. The summed E-state index contributed by atoms with van der Waals surface area (Å²) in [4.78, 5) is 3.48. The Bertz CT molecular complexity index is 469. The minimum absolute atomic E-state index is 0.00960. The number of halogens is 2. The maximum Gasteiger partial charge on any atom is 0.220 e. The number of rotatable bonds is 2. The van der Waals surface area contributed by atoms with E-state index >= 15 is 0 Å². The van der Waals surface area contributed by atoms with Crippen LogP contribution in [0.1, 0.15) is 17.2 Å². The van der Waals surface area contributed by atoms with E-state index in [9.17, 15) is 9.50 Å². The fraction of sp³-hybridized carbons (Fsp3) is 0.0833. The third kappa shape index (κ3) is 2.05. The van der Waals surface area contributed by atoms with E-state index in [-0.39, 0.29) is 10.6 Å². The molecule has 1 N–H and O–H groups in total. The number of pyridine rings is 1. The van der Waals surface area contributed by atoms with Crippen molar-refractivity contribution in [1.82, 2.24) is 4.98 Å². The standard InChI is InChI=1S/C12H9ClFNO/c13-9-6-7-15-12(14)10(9)11(16)8-4-2-1-3-5-8/h1-7,11,16H. The first kappa shape index (κ1) is 11.0. The molecule has 2 nitrogen and oxygen atoms in total. The summed E-state index contributed by atoms with van der Waals surface area (Å²) < 4.78 is 13.4. The van der Waals surface area contributed by atoms with Crippen LogP contribution >= 0.6 is 11.6 Å². The number of hydrogen-bond donors (Lipinski definition) is 1. The van der Waals surface area contributed by atoms with Gasteiger partial charge in [0.2, 0.25) is 5.95 Å². The van der Waals surface area contributed by atoms with E-state index in [1.807, 2.05) is 6.07 Å². The van der Waals surface area contributed by atoms with Crippen LogP contribution in [-0.2, 0) is 0 Å². The first-order chi connectivity index (χ1) is 7.70. The molecule has 2 rings (SSSR count). The second kappa shape index (κ2) is 4.60. The molecule has 2 aromatic rings. The lowest BCUT2D eigenvalue weighted by Crippen LogP contribution is -2.04. The van der Waals surface area contributed by atoms with E-state index < -0.39 is 12.1 Å². The summed E-state index contributed by atoms with van der Waals surface area (Å²) in [5.74, 6) is -0.746. The Balaban J connectivity index is 2.46. The number of hydrogen-bond acceptors (Lipinski definition) is 2. The maximum atomic E-state index is 13.4. The van der Waals surface area contributed by atoms with E-state index in [1.165, 1.54) is 12.3 Å². The van der Waals surface area contributed by atoms with Gasteiger partial charge in [0.1, 0.15) is 6.10 Å². The molecule has 16 heavy (non-hydrogen) atoms. The molecule has 0 aliphatic rings. The SMILES string of the molecule is OC(c1ccccc1)c1c(Cl)ccnc1F. The molecule has 0 aliphatic carbocycles. The Morgan fingerprint density at radius 3 is 2.50 bits per heavy atom. The van der Waals surface area contributed by atoms with E-state index in [4.69, 9.17) is 11.6 Å². The molecule has 1 heterocycles. The van der Waals surface area contributed by atoms with Crippen LogP contribution in [0.15, 0.2) is 42.6 Å². The van der Waals surface area contributed by atoms with E-state index in [1.54, 1.807) is 24.3 Å². The first-order valence-corrected chi connectivity index (χ1v) is 5.11. The third-order valence-electron chi connectivity index (χ3n) is 2.28. The zero-order valence-corrected chi connectivity index (χ0v) is 9.03. The van der Waals surface area contributed by atoms with Crippen molar-refractivity contribution in [3.63, 3.8) is 0 Å². The minimum atomic E-state index is -1.10. The van der Waals surface area contributed by atoms with Crippen molar-refractivity contribution in [2.45, 2.75) is 6.10 Å². The lowest BCUT2D eigenvalue weighted by molar-refractivity contribution is 0.213. The zero-order valence-electron chi connectivity index (χ0n) is 8.27. The molecule has 0 bridgehead atoms. The van der Waals surface area contributed by atoms with Crippen LogP contribution in [0.3, 0.4) is 0 Å². The molecule has 1 aromatic carbocycles. The number of nitrogens with zero attached hydrogens (tertiary/aromatic N) is 1.